The van der Waals surface area contributed by atoms with Crippen LogP contribution in [0.25, 0.3) is 10.4 Å². The number of hydrogen-bond donors (Lipinski definition) is 0. The Labute approximate surface area is 77.0 Å². The summed E-state index contributed by atoms with van der Waals surface area (Å²) in [6.07, 6.45) is -0.263. The zero-order valence-electron chi connectivity index (χ0n) is 7.88. The van der Waals surface area contributed by atoms with E-state index in [-0.39, 0.29) is 12.3 Å². The molecule has 0 saturated carbocycles. The fraction of sp³-hybridized carbons (Fsp3) is 1.00. The van der Waals surface area contributed by atoms with Crippen LogP contribution in [0.4, 0.5) is 0 Å². The molecule has 1 aliphatic heterocycles. The van der Waals surface area contributed by atoms with Gasteiger partial charge in [-0.15, -0.1) is 0 Å². The van der Waals surface area contributed by atoms with Gasteiger partial charge in [-0.25, -0.2) is 0 Å². The second kappa shape index (κ2) is 5.04. The van der Waals surface area contributed by atoms with Gasteiger partial charge in [0.1, 0.15) is 0 Å². The zero-order valence-corrected chi connectivity index (χ0v) is 7.88. The van der Waals surface area contributed by atoms with E-state index in [4.69, 9.17) is 15.0 Å². The first-order chi connectivity index (χ1) is 6.25. The first-order valence-electron chi connectivity index (χ1n) is 4.16. The van der Waals surface area contributed by atoms with Gasteiger partial charge in [0.2, 0.25) is 0 Å². The highest BCUT2D eigenvalue weighted by molar-refractivity contribution is 4.75. The van der Waals surface area contributed by atoms with Crippen molar-refractivity contribution in [2.24, 2.45) is 5.11 Å². The predicted octanol–water partition coefficient (Wildman–Crippen LogP) is 0.600. The van der Waals surface area contributed by atoms with E-state index in [1.165, 1.54) is 0 Å². The Morgan fingerprint density at radius 3 is 2.62 bits per heavy atom. The maximum Gasteiger partial charge on any atom is 0.173 e. The van der Waals surface area contributed by atoms with Crippen molar-refractivity contribution >= 4 is 0 Å². The second-order valence-corrected chi connectivity index (χ2v) is 3.05. The van der Waals surface area contributed by atoms with E-state index in [0.717, 1.165) is 0 Å². The van der Waals surface area contributed by atoms with Crippen molar-refractivity contribution in [3.05, 3.63) is 10.4 Å². The van der Waals surface area contributed by atoms with Crippen LogP contribution in [0.5, 0.6) is 0 Å². The molecule has 1 aliphatic rings. The third-order valence-electron chi connectivity index (χ3n) is 1.96. The van der Waals surface area contributed by atoms with E-state index in [1.807, 2.05) is 19.0 Å². The summed E-state index contributed by atoms with van der Waals surface area (Å²) < 4.78 is 10.7. The summed E-state index contributed by atoms with van der Waals surface area (Å²) in [5.74, 6) is 0. The summed E-state index contributed by atoms with van der Waals surface area (Å²) >= 11 is 0. The normalized spacial score (nSPS) is 20.2. The number of likely N-dealkylation sites (N-methyl/N-ethyl adjacent to an activating group) is 1. The third-order valence-corrected chi connectivity index (χ3v) is 1.96. The minimum atomic E-state index is -0.263. The second-order valence-electron chi connectivity index (χ2n) is 3.05. The number of rotatable bonds is 4. The predicted molar refractivity (Wildman–Crippen MR) is 47.2 cm³/mol. The monoisotopic (exact) mass is 186 g/mol. The minimum Gasteiger partial charge on any atom is -0.349 e. The van der Waals surface area contributed by atoms with Crippen molar-refractivity contribution in [3.63, 3.8) is 0 Å². The van der Waals surface area contributed by atoms with Crippen LogP contribution in [0.3, 0.4) is 0 Å². The first-order valence-corrected chi connectivity index (χ1v) is 4.16. The molecule has 0 radical (unpaired) electrons. The summed E-state index contributed by atoms with van der Waals surface area (Å²) in [5, 5.41) is 3.52. The number of ether oxygens (including phenoxy) is 2. The SMILES string of the molecule is CN(C)[C@@H](CN=[N+]=[N-])C1OCCO1. The molecular weight excluding hydrogens is 172 g/mol. The molecule has 1 heterocycles. The minimum absolute atomic E-state index is 0.00148. The van der Waals surface area contributed by atoms with Crippen LogP contribution < -0.4 is 0 Å². The summed E-state index contributed by atoms with van der Waals surface area (Å²) in [6.45, 7) is 1.60. The van der Waals surface area contributed by atoms with Gasteiger partial charge in [-0.05, 0) is 19.6 Å². The van der Waals surface area contributed by atoms with E-state index >= 15 is 0 Å². The van der Waals surface area contributed by atoms with Gasteiger partial charge in [0.25, 0.3) is 0 Å². The summed E-state index contributed by atoms with van der Waals surface area (Å²) in [5.41, 5.74) is 8.20. The lowest BCUT2D eigenvalue weighted by Gasteiger charge is -2.26. The Kier molecular flexibility index (Phi) is 3.98. The highest BCUT2D eigenvalue weighted by Gasteiger charge is 2.27. The topological polar surface area (TPSA) is 70.5 Å². The lowest BCUT2D eigenvalue weighted by Crippen LogP contribution is -2.41. The van der Waals surface area contributed by atoms with E-state index in [2.05, 4.69) is 10.0 Å². The van der Waals surface area contributed by atoms with Crippen molar-refractivity contribution in [2.75, 3.05) is 33.9 Å². The number of hydrogen-bond acceptors (Lipinski definition) is 4. The molecule has 0 aliphatic carbocycles. The maximum atomic E-state index is 8.20. The molecule has 1 rings (SSSR count). The molecule has 13 heavy (non-hydrogen) atoms. The van der Waals surface area contributed by atoms with Gasteiger partial charge >= 0.3 is 0 Å². The Morgan fingerprint density at radius 1 is 1.54 bits per heavy atom. The molecule has 0 aromatic heterocycles. The Balaban J connectivity index is 2.49. The van der Waals surface area contributed by atoms with Gasteiger partial charge in [-0.2, -0.15) is 0 Å². The summed E-state index contributed by atoms with van der Waals surface area (Å²) in [6, 6.07) is -0.00148. The van der Waals surface area contributed by atoms with E-state index in [1.54, 1.807) is 0 Å². The van der Waals surface area contributed by atoms with Crippen molar-refractivity contribution < 1.29 is 9.47 Å². The van der Waals surface area contributed by atoms with E-state index in [0.29, 0.717) is 19.8 Å². The van der Waals surface area contributed by atoms with E-state index < -0.39 is 0 Å². The largest absolute Gasteiger partial charge is 0.349 e. The quantitative estimate of drug-likeness (QED) is 0.366. The van der Waals surface area contributed by atoms with Crippen LogP contribution >= 0.6 is 0 Å². The number of nitrogens with zero attached hydrogens (tertiary/aromatic N) is 4. The van der Waals surface area contributed by atoms with Crippen LogP contribution in [0.2, 0.25) is 0 Å². The summed E-state index contributed by atoms with van der Waals surface area (Å²) in [4.78, 5) is 4.65. The lowest BCUT2D eigenvalue weighted by molar-refractivity contribution is -0.0874. The summed E-state index contributed by atoms with van der Waals surface area (Å²) in [7, 11) is 3.81. The standard InChI is InChI=1S/C7H14N4O2/c1-11(2)6(5-9-10-8)7-12-3-4-13-7/h6-7H,3-5H2,1-2H3/t6-/m0/s1. The van der Waals surface area contributed by atoms with Crippen LogP contribution in [0, 0.1) is 0 Å². The van der Waals surface area contributed by atoms with E-state index in [9.17, 15) is 0 Å². The Hall–Kier alpha value is -0.810. The Morgan fingerprint density at radius 2 is 2.15 bits per heavy atom. The number of azide groups is 1. The lowest BCUT2D eigenvalue weighted by atomic mass is 10.2. The molecule has 6 heteroatoms. The van der Waals surface area contributed by atoms with Gasteiger partial charge in [-0.1, -0.05) is 5.11 Å². The molecule has 1 fully saturated rings. The van der Waals surface area contributed by atoms with Gasteiger partial charge in [0.15, 0.2) is 6.29 Å². The highest BCUT2D eigenvalue weighted by atomic mass is 16.7. The van der Waals surface area contributed by atoms with Gasteiger partial charge in [0, 0.05) is 11.5 Å². The molecule has 74 valence electrons. The molecule has 0 aromatic carbocycles. The molecule has 0 bridgehead atoms. The van der Waals surface area contributed by atoms with Crippen LogP contribution in [-0.2, 0) is 9.47 Å². The van der Waals surface area contributed by atoms with Crippen LogP contribution in [0.15, 0.2) is 5.11 Å². The fourth-order valence-electron chi connectivity index (χ4n) is 1.21. The fourth-order valence-corrected chi connectivity index (χ4v) is 1.21. The van der Waals surface area contributed by atoms with Gasteiger partial charge in [0.05, 0.1) is 19.3 Å². The smallest absolute Gasteiger partial charge is 0.173 e. The third kappa shape index (κ3) is 2.86. The average molecular weight is 186 g/mol. The van der Waals surface area contributed by atoms with Crippen molar-refractivity contribution in [1.29, 1.82) is 0 Å². The first kappa shape index (κ1) is 10.3. The highest BCUT2D eigenvalue weighted by Crippen LogP contribution is 2.12. The molecule has 1 atom stereocenters. The van der Waals surface area contributed by atoms with Crippen molar-refractivity contribution in [3.8, 4) is 0 Å². The van der Waals surface area contributed by atoms with Crippen LogP contribution in [-0.4, -0.2) is 51.1 Å². The average Bonchev–Trinajstić information content (AvgIpc) is 2.57. The molecule has 6 nitrogen and oxygen atoms in total. The molecule has 0 amide bonds. The van der Waals surface area contributed by atoms with Gasteiger partial charge < -0.3 is 14.4 Å². The molecule has 0 unspecified atom stereocenters. The van der Waals surface area contributed by atoms with Crippen LogP contribution in [0.1, 0.15) is 0 Å². The van der Waals surface area contributed by atoms with Gasteiger partial charge in [-0.3, -0.25) is 0 Å². The molecular formula is C7H14N4O2. The zero-order chi connectivity index (χ0) is 9.68. The van der Waals surface area contributed by atoms with Crippen molar-refractivity contribution in [1.82, 2.24) is 4.90 Å². The molecule has 1 saturated heterocycles. The maximum absolute atomic E-state index is 8.20. The molecule has 0 aromatic rings. The Bertz CT molecular complexity index is 197. The van der Waals surface area contributed by atoms with Crippen molar-refractivity contribution in [2.45, 2.75) is 12.3 Å². The molecule has 0 N–H and O–H groups in total. The molecule has 0 spiro atoms.